The number of hydrogen-bond acceptors (Lipinski definition) is 3. The third kappa shape index (κ3) is 6.76. The van der Waals surface area contributed by atoms with Crippen LogP contribution in [-0.2, 0) is 6.54 Å². The van der Waals surface area contributed by atoms with Crippen molar-refractivity contribution >= 4 is 29.9 Å². The van der Waals surface area contributed by atoms with Gasteiger partial charge in [-0.25, -0.2) is 4.99 Å². The molecule has 144 valence electrons. The van der Waals surface area contributed by atoms with Crippen molar-refractivity contribution in [1.82, 2.24) is 15.1 Å². The Kier molecular flexibility index (Phi) is 10.6. The van der Waals surface area contributed by atoms with Crippen molar-refractivity contribution in [2.24, 2.45) is 10.9 Å². The first-order chi connectivity index (χ1) is 12.2. The standard InChI is InChI=1S/C20H31N5.HI/c1-4-22-20(23-14-18-9-7-8-17(12-18)13-21)25-11-10-19(16-25)15-24(5-2)6-3;/h7-9,12,19H,4-6,10-11,14-16H2,1-3H3,(H,22,23);1H. The van der Waals surface area contributed by atoms with Crippen molar-refractivity contribution in [3.63, 3.8) is 0 Å². The van der Waals surface area contributed by atoms with E-state index < -0.39 is 0 Å². The van der Waals surface area contributed by atoms with Gasteiger partial charge in [-0.3, -0.25) is 0 Å². The van der Waals surface area contributed by atoms with Crippen LogP contribution in [0.1, 0.15) is 38.3 Å². The summed E-state index contributed by atoms with van der Waals surface area (Å²) >= 11 is 0. The second-order valence-corrected chi connectivity index (χ2v) is 6.57. The quantitative estimate of drug-likeness (QED) is 0.378. The number of halogens is 1. The SMILES string of the molecule is CCNC(=NCc1cccc(C#N)c1)N1CCC(CN(CC)CC)C1.I. The molecule has 1 aromatic carbocycles. The summed E-state index contributed by atoms with van der Waals surface area (Å²) < 4.78 is 0. The second kappa shape index (κ2) is 12.1. The van der Waals surface area contributed by atoms with Gasteiger partial charge >= 0.3 is 0 Å². The number of nitrogens with one attached hydrogen (secondary N) is 1. The molecule has 1 saturated heterocycles. The van der Waals surface area contributed by atoms with Gasteiger partial charge in [-0.2, -0.15) is 5.26 Å². The summed E-state index contributed by atoms with van der Waals surface area (Å²) in [6.45, 7) is 13.6. The Labute approximate surface area is 175 Å². The van der Waals surface area contributed by atoms with E-state index in [0.717, 1.165) is 44.2 Å². The number of likely N-dealkylation sites (tertiary alicyclic amines) is 1. The molecule has 1 atom stereocenters. The maximum absolute atomic E-state index is 9.03. The summed E-state index contributed by atoms with van der Waals surface area (Å²) in [5.74, 6) is 1.71. The molecule has 2 rings (SSSR count). The largest absolute Gasteiger partial charge is 0.357 e. The highest BCUT2D eigenvalue weighted by atomic mass is 127. The lowest BCUT2D eigenvalue weighted by Gasteiger charge is -2.24. The highest BCUT2D eigenvalue weighted by molar-refractivity contribution is 14.0. The van der Waals surface area contributed by atoms with Crippen LogP contribution in [0.3, 0.4) is 0 Å². The molecule has 0 spiro atoms. The molecule has 0 aromatic heterocycles. The highest BCUT2D eigenvalue weighted by Crippen LogP contribution is 2.18. The zero-order chi connectivity index (χ0) is 18.1. The molecule has 1 aliphatic rings. The van der Waals surface area contributed by atoms with Crippen LogP contribution >= 0.6 is 24.0 Å². The average molecular weight is 469 g/mol. The van der Waals surface area contributed by atoms with E-state index in [1.54, 1.807) is 0 Å². The Morgan fingerprint density at radius 2 is 2.12 bits per heavy atom. The first-order valence-electron chi connectivity index (χ1n) is 9.44. The van der Waals surface area contributed by atoms with Gasteiger partial charge < -0.3 is 15.1 Å². The lowest BCUT2D eigenvalue weighted by Crippen LogP contribution is -2.40. The van der Waals surface area contributed by atoms with E-state index in [4.69, 9.17) is 10.3 Å². The molecule has 1 aromatic rings. The molecule has 5 nitrogen and oxygen atoms in total. The van der Waals surface area contributed by atoms with Crippen molar-refractivity contribution in [3.05, 3.63) is 35.4 Å². The van der Waals surface area contributed by atoms with E-state index in [0.29, 0.717) is 18.0 Å². The summed E-state index contributed by atoms with van der Waals surface area (Å²) in [4.78, 5) is 9.69. The lowest BCUT2D eigenvalue weighted by atomic mass is 10.1. The van der Waals surface area contributed by atoms with E-state index in [-0.39, 0.29) is 24.0 Å². The average Bonchev–Trinajstić information content (AvgIpc) is 3.11. The van der Waals surface area contributed by atoms with Crippen molar-refractivity contribution in [2.75, 3.05) is 39.3 Å². The predicted octanol–water partition coefficient (Wildman–Crippen LogP) is 3.31. The van der Waals surface area contributed by atoms with Gasteiger partial charge in [0, 0.05) is 26.2 Å². The minimum Gasteiger partial charge on any atom is -0.357 e. The van der Waals surface area contributed by atoms with E-state index in [1.807, 2.05) is 24.3 Å². The van der Waals surface area contributed by atoms with Crippen LogP contribution in [0.2, 0.25) is 0 Å². The van der Waals surface area contributed by atoms with Gasteiger partial charge in [0.1, 0.15) is 0 Å². The van der Waals surface area contributed by atoms with Crippen LogP contribution in [-0.4, -0.2) is 55.0 Å². The number of nitrogens with zero attached hydrogens (tertiary/aromatic N) is 4. The molecule has 1 heterocycles. The van der Waals surface area contributed by atoms with Crippen molar-refractivity contribution in [1.29, 1.82) is 5.26 Å². The van der Waals surface area contributed by atoms with Crippen molar-refractivity contribution in [3.8, 4) is 6.07 Å². The van der Waals surface area contributed by atoms with Gasteiger partial charge in [0.05, 0.1) is 18.2 Å². The van der Waals surface area contributed by atoms with Crippen LogP contribution in [0.25, 0.3) is 0 Å². The first-order valence-corrected chi connectivity index (χ1v) is 9.44. The van der Waals surface area contributed by atoms with E-state index >= 15 is 0 Å². The fourth-order valence-electron chi connectivity index (χ4n) is 3.35. The molecule has 1 fully saturated rings. The van der Waals surface area contributed by atoms with E-state index in [2.05, 4.69) is 42.0 Å². The number of benzene rings is 1. The van der Waals surface area contributed by atoms with Crippen LogP contribution < -0.4 is 5.32 Å². The predicted molar refractivity (Wildman–Crippen MR) is 119 cm³/mol. The summed E-state index contributed by atoms with van der Waals surface area (Å²) in [5.41, 5.74) is 1.77. The summed E-state index contributed by atoms with van der Waals surface area (Å²) in [6, 6.07) is 9.89. The van der Waals surface area contributed by atoms with Crippen LogP contribution in [0.4, 0.5) is 0 Å². The fraction of sp³-hybridized carbons (Fsp3) is 0.600. The minimum absolute atomic E-state index is 0. The van der Waals surface area contributed by atoms with Gasteiger partial charge in [-0.05, 0) is 50.0 Å². The van der Waals surface area contributed by atoms with E-state index in [1.165, 1.54) is 13.0 Å². The minimum atomic E-state index is 0. The molecule has 26 heavy (non-hydrogen) atoms. The number of rotatable bonds is 7. The zero-order valence-corrected chi connectivity index (χ0v) is 18.6. The maximum atomic E-state index is 9.03. The summed E-state index contributed by atoms with van der Waals surface area (Å²) in [7, 11) is 0. The Morgan fingerprint density at radius 3 is 2.77 bits per heavy atom. The van der Waals surface area contributed by atoms with Gasteiger partial charge in [-0.1, -0.05) is 26.0 Å². The van der Waals surface area contributed by atoms with Crippen molar-refractivity contribution in [2.45, 2.75) is 33.7 Å². The highest BCUT2D eigenvalue weighted by Gasteiger charge is 2.25. The Balaban J connectivity index is 0.00000338. The molecule has 1 aliphatic heterocycles. The molecule has 1 unspecified atom stereocenters. The third-order valence-corrected chi connectivity index (χ3v) is 4.80. The number of nitriles is 1. The molecule has 0 amide bonds. The van der Waals surface area contributed by atoms with Crippen LogP contribution in [0, 0.1) is 17.2 Å². The second-order valence-electron chi connectivity index (χ2n) is 6.57. The smallest absolute Gasteiger partial charge is 0.194 e. The van der Waals surface area contributed by atoms with Crippen LogP contribution in [0.5, 0.6) is 0 Å². The van der Waals surface area contributed by atoms with Gasteiger partial charge in [0.25, 0.3) is 0 Å². The summed E-state index contributed by atoms with van der Waals surface area (Å²) in [5, 5.41) is 12.5. The van der Waals surface area contributed by atoms with E-state index in [9.17, 15) is 0 Å². The fourth-order valence-corrected chi connectivity index (χ4v) is 3.35. The van der Waals surface area contributed by atoms with Gasteiger partial charge in [0.2, 0.25) is 0 Å². The molecule has 6 heteroatoms. The number of aliphatic imine (C=N–C) groups is 1. The molecule has 1 N–H and O–H groups in total. The van der Waals surface area contributed by atoms with Crippen LogP contribution in [0.15, 0.2) is 29.3 Å². The third-order valence-electron chi connectivity index (χ3n) is 4.80. The Bertz CT molecular complexity index is 606. The topological polar surface area (TPSA) is 54.7 Å². The Morgan fingerprint density at radius 1 is 1.35 bits per heavy atom. The molecular weight excluding hydrogens is 437 g/mol. The number of hydrogen-bond donors (Lipinski definition) is 1. The van der Waals surface area contributed by atoms with Crippen molar-refractivity contribution < 1.29 is 0 Å². The molecule has 0 saturated carbocycles. The monoisotopic (exact) mass is 469 g/mol. The molecular formula is C20H32IN5. The zero-order valence-electron chi connectivity index (χ0n) is 16.2. The molecule has 0 bridgehead atoms. The normalized spacial score (nSPS) is 17.1. The Hall–Kier alpha value is -1.33. The molecule has 0 aliphatic carbocycles. The number of guanidine groups is 1. The molecule has 0 radical (unpaired) electrons. The lowest BCUT2D eigenvalue weighted by molar-refractivity contribution is 0.255. The van der Waals surface area contributed by atoms with Gasteiger partial charge in [-0.15, -0.1) is 24.0 Å². The first kappa shape index (κ1) is 22.7. The summed E-state index contributed by atoms with van der Waals surface area (Å²) in [6.07, 6.45) is 1.23. The maximum Gasteiger partial charge on any atom is 0.194 e. The van der Waals surface area contributed by atoms with Gasteiger partial charge in [0.15, 0.2) is 5.96 Å².